The Morgan fingerprint density at radius 1 is 1.53 bits per heavy atom. The van der Waals surface area contributed by atoms with Crippen LogP contribution in [-0.4, -0.2) is 29.0 Å². The third-order valence-corrected chi connectivity index (χ3v) is 3.58. The van der Waals surface area contributed by atoms with Crippen molar-refractivity contribution in [2.45, 2.75) is 58.7 Å². The molecular formula is C15H27N3O. The number of aromatic nitrogens is 2. The topological polar surface area (TPSA) is 39.1 Å². The van der Waals surface area contributed by atoms with Crippen LogP contribution in [0.15, 0.2) is 12.3 Å². The second-order valence-corrected chi connectivity index (χ2v) is 5.85. The van der Waals surface area contributed by atoms with Gasteiger partial charge in [-0.15, -0.1) is 0 Å². The summed E-state index contributed by atoms with van der Waals surface area (Å²) in [4.78, 5) is 0. The summed E-state index contributed by atoms with van der Waals surface area (Å²) in [6, 6.07) is 2.11. The van der Waals surface area contributed by atoms with Gasteiger partial charge < -0.3 is 10.1 Å². The van der Waals surface area contributed by atoms with Gasteiger partial charge >= 0.3 is 0 Å². The van der Waals surface area contributed by atoms with Crippen molar-refractivity contribution in [2.24, 2.45) is 5.92 Å². The van der Waals surface area contributed by atoms with Crippen molar-refractivity contribution >= 4 is 0 Å². The van der Waals surface area contributed by atoms with Crippen LogP contribution in [0.1, 0.15) is 45.2 Å². The van der Waals surface area contributed by atoms with Crippen molar-refractivity contribution in [3.8, 4) is 0 Å². The summed E-state index contributed by atoms with van der Waals surface area (Å²) < 4.78 is 7.78. The van der Waals surface area contributed by atoms with E-state index in [4.69, 9.17) is 4.74 Å². The van der Waals surface area contributed by atoms with Crippen LogP contribution in [0.5, 0.6) is 0 Å². The van der Waals surface area contributed by atoms with E-state index in [2.05, 4.69) is 35.0 Å². The molecule has 1 aliphatic heterocycles. The van der Waals surface area contributed by atoms with E-state index >= 15 is 0 Å². The third-order valence-electron chi connectivity index (χ3n) is 3.58. The van der Waals surface area contributed by atoms with Gasteiger partial charge in [0.05, 0.1) is 11.8 Å². The summed E-state index contributed by atoms with van der Waals surface area (Å²) in [5, 5.41) is 7.89. The molecular weight excluding hydrogens is 238 g/mol. The number of hydrogen-bond donors (Lipinski definition) is 1. The lowest BCUT2D eigenvalue weighted by Gasteiger charge is -2.12. The molecule has 1 atom stereocenters. The van der Waals surface area contributed by atoms with Crippen molar-refractivity contribution in [2.75, 3.05) is 13.2 Å². The summed E-state index contributed by atoms with van der Waals surface area (Å²) in [6.45, 7) is 8.39. The lowest BCUT2D eigenvalue weighted by atomic mass is 10.1. The third kappa shape index (κ3) is 4.96. The van der Waals surface area contributed by atoms with Crippen molar-refractivity contribution < 1.29 is 4.74 Å². The average Bonchev–Trinajstić information content (AvgIpc) is 3.01. The first-order valence-electron chi connectivity index (χ1n) is 7.58. The van der Waals surface area contributed by atoms with Crippen LogP contribution < -0.4 is 5.32 Å². The molecule has 1 fully saturated rings. The smallest absolute Gasteiger partial charge is 0.0576 e. The average molecular weight is 265 g/mol. The molecule has 4 heteroatoms. The van der Waals surface area contributed by atoms with E-state index < -0.39 is 0 Å². The maximum absolute atomic E-state index is 5.65. The molecule has 0 bridgehead atoms. The Hall–Kier alpha value is -0.870. The van der Waals surface area contributed by atoms with E-state index in [1.807, 2.05) is 6.20 Å². The zero-order valence-electron chi connectivity index (χ0n) is 12.3. The number of hydrogen-bond acceptors (Lipinski definition) is 3. The van der Waals surface area contributed by atoms with Crippen molar-refractivity contribution in [1.29, 1.82) is 0 Å². The Labute approximate surface area is 116 Å². The summed E-state index contributed by atoms with van der Waals surface area (Å²) in [6.07, 6.45) is 7.19. The minimum Gasteiger partial charge on any atom is -0.378 e. The van der Waals surface area contributed by atoms with Crippen LogP contribution in [0.25, 0.3) is 0 Å². The van der Waals surface area contributed by atoms with E-state index in [9.17, 15) is 0 Å². The highest BCUT2D eigenvalue weighted by molar-refractivity contribution is 5.00. The second-order valence-electron chi connectivity index (χ2n) is 5.85. The van der Waals surface area contributed by atoms with Crippen LogP contribution in [0.3, 0.4) is 0 Å². The quantitative estimate of drug-likeness (QED) is 0.785. The SMILES string of the molecule is CC(C)CNCc1ccnn1CCCC1CCCO1. The van der Waals surface area contributed by atoms with Gasteiger partial charge in [-0.3, -0.25) is 4.68 Å². The molecule has 0 spiro atoms. The van der Waals surface area contributed by atoms with E-state index in [1.165, 1.54) is 25.0 Å². The zero-order chi connectivity index (χ0) is 13.5. The normalized spacial score (nSPS) is 19.4. The highest BCUT2D eigenvalue weighted by atomic mass is 16.5. The minimum absolute atomic E-state index is 0.498. The molecule has 0 radical (unpaired) electrons. The van der Waals surface area contributed by atoms with Gasteiger partial charge in [0.2, 0.25) is 0 Å². The van der Waals surface area contributed by atoms with Gasteiger partial charge in [0.1, 0.15) is 0 Å². The molecule has 0 saturated carbocycles. The van der Waals surface area contributed by atoms with Gasteiger partial charge in [0, 0.05) is 25.9 Å². The van der Waals surface area contributed by atoms with Gasteiger partial charge in [0.15, 0.2) is 0 Å². The number of nitrogens with zero attached hydrogens (tertiary/aromatic N) is 2. The number of aryl methyl sites for hydroxylation is 1. The Bertz CT molecular complexity index is 356. The molecule has 1 aromatic rings. The first-order valence-corrected chi connectivity index (χ1v) is 7.58. The molecule has 19 heavy (non-hydrogen) atoms. The first-order chi connectivity index (χ1) is 9.25. The van der Waals surface area contributed by atoms with E-state index in [1.54, 1.807) is 0 Å². The fraction of sp³-hybridized carbons (Fsp3) is 0.800. The molecule has 2 heterocycles. The molecule has 0 amide bonds. The molecule has 1 saturated heterocycles. The van der Waals surface area contributed by atoms with Gasteiger partial charge in [-0.2, -0.15) is 5.10 Å². The monoisotopic (exact) mass is 265 g/mol. The fourth-order valence-electron chi connectivity index (χ4n) is 2.54. The maximum Gasteiger partial charge on any atom is 0.0576 e. The predicted molar refractivity (Wildman–Crippen MR) is 77.0 cm³/mol. The van der Waals surface area contributed by atoms with E-state index in [0.29, 0.717) is 12.0 Å². The lowest BCUT2D eigenvalue weighted by molar-refractivity contribution is 0.101. The maximum atomic E-state index is 5.65. The van der Waals surface area contributed by atoms with Crippen LogP contribution >= 0.6 is 0 Å². The van der Waals surface area contributed by atoms with Gasteiger partial charge in [-0.25, -0.2) is 0 Å². The molecule has 108 valence electrons. The zero-order valence-corrected chi connectivity index (χ0v) is 12.3. The second kappa shape index (κ2) is 7.65. The molecule has 1 aromatic heterocycles. The number of ether oxygens (including phenoxy) is 1. The van der Waals surface area contributed by atoms with Crippen LogP contribution in [0, 0.1) is 5.92 Å². The van der Waals surface area contributed by atoms with Gasteiger partial charge in [-0.1, -0.05) is 13.8 Å². The first kappa shape index (κ1) is 14.5. The molecule has 0 aliphatic carbocycles. The molecule has 1 N–H and O–H groups in total. The van der Waals surface area contributed by atoms with Gasteiger partial charge in [0.25, 0.3) is 0 Å². The predicted octanol–water partition coefficient (Wildman–Crippen LogP) is 2.59. The van der Waals surface area contributed by atoms with Crippen molar-refractivity contribution in [3.05, 3.63) is 18.0 Å². The summed E-state index contributed by atoms with van der Waals surface area (Å²) in [5.74, 6) is 0.691. The van der Waals surface area contributed by atoms with E-state index in [0.717, 1.165) is 32.7 Å². The lowest BCUT2D eigenvalue weighted by Crippen LogP contribution is -2.21. The Balaban J connectivity index is 1.69. The Kier molecular flexibility index (Phi) is 5.86. The summed E-state index contributed by atoms with van der Waals surface area (Å²) in [7, 11) is 0. The number of nitrogens with one attached hydrogen (secondary N) is 1. The summed E-state index contributed by atoms with van der Waals surface area (Å²) in [5.41, 5.74) is 1.29. The highest BCUT2D eigenvalue weighted by Crippen LogP contribution is 2.17. The molecule has 4 nitrogen and oxygen atoms in total. The van der Waals surface area contributed by atoms with E-state index in [-0.39, 0.29) is 0 Å². The summed E-state index contributed by atoms with van der Waals surface area (Å²) >= 11 is 0. The molecule has 1 unspecified atom stereocenters. The largest absolute Gasteiger partial charge is 0.378 e. The Morgan fingerprint density at radius 3 is 3.16 bits per heavy atom. The van der Waals surface area contributed by atoms with Crippen LogP contribution in [0.4, 0.5) is 0 Å². The highest BCUT2D eigenvalue weighted by Gasteiger charge is 2.14. The standard InChI is InChI=1S/C15H27N3O/c1-13(2)11-16-12-14-7-8-17-18(14)9-3-5-15-6-4-10-19-15/h7-8,13,15-16H,3-6,9-12H2,1-2H3. The van der Waals surface area contributed by atoms with Crippen molar-refractivity contribution in [3.63, 3.8) is 0 Å². The molecule has 0 aromatic carbocycles. The van der Waals surface area contributed by atoms with Crippen molar-refractivity contribution in [1.82, 2.24) is 15.1 Å². The minimum atomic E-state index is 0.498. The molecule has 1 aliphatic rings. The molecule has 2 rings (SSSR count). The Morgan fingerprint density at radius 2 is 2.42 bits per heavy atom. The van der Waals surface area contributed by atoms with Crippen LogP contribution in [0.2, 0.25) is 0 Å². The van der Waals surface area contributed by atoms with Crippen LogP contribution in [-0.2, 0) is 17.8 Å². The van der Waals surface area contributed by atoms with Gasteiger partial charge in [-0.05, 0) is 44.2 Å². The number of rotatable bonds is 8. The fourth-order valence-corrected chi connectivity index (χ4v) is 2.54.